The van der Waals surface area contributed by atoms with Gasteiger partial charge in [0.25, 0.3) is 5.91 Å². The van der Waals surface area contributed by atoms with Gasteiger partial charge >= 0.3 is 0 Å². The van der Waals surface area contributed by atoms with Gasteiger partial charge in [0.2, 0.25) is 0 Å². The van der Waals surface area contributed by atoms with Crippen LogP contribution in [0.5, 0.6) is 0 Å². The van der Waals surface area contributed by atoms with Gasteiger partial charge in [-0.3, -0.25) is 4.79 Å². The van der Waals surface area contributed by atoms with Crippen molar-refractivity contribution in [3.63, 3.8) is 0 Å². The third-order valence-corrected chi connectivity index (χ3v) is 5.23. The van der Waals surface area contributed by atoms with Crippen molar-refractivity contribution in [2.24, 2.45) is 0 Å². The van der Waals surface area contributed by atoms with Gasteiger partial charge in [-0.15, -0.1) is 0 Å². The molecule has 1 amide bonds. The molecule has 0 spiro atoms. The van der Waals surface area contributed by atoms with E-state index in [0.29, 0.717) is 0 Å². The van der Waals surface area contributed by atoms with Crippen molar-refractivity contribution in [1.82, 2.24) is 5.32 Å². The van der Waals surface area contributed by atoms with Crippen molar-refractivity contribution in [1.29, 1.82) is 0 Å². The number of hydrogen-bond donors (Lipinski definition) is 2. The van der Waals surface area contributed by atoms with Crippen molar-refractivity contribution >= 4 is 23.4 Å². The third kappa shape index (κ3) is 3.24. The molecule has 2 rings (SSSR count). The number of nitrogens with one attached hydrogen (secondary N) is 2. The first-order valence-corrected chi connectivity index (χ1v) is 8.09. The van der Waals surface area contributed by atoms with Crippen LogP contribution in [0.2, 0.25) is 0 Å². The first kappa shape index (κ1) is 14.3. The molecule has 19 heavy (non-hydrogen) atoms. The van der Waals surface area contributed by atoms with Crippen LogP contribution < -0.4 is 10.6 Å². The standard InChI is InChI=1S/C15H22N2OS/c1-3-16-13-8-5-4-7-12(13)14(18)17-11-15(19-2)9-6-10-15/h4-5,7-8,16H,3,6,9-11H2,1-2H3,(H,17,18). The average molecular weight is 278 g/mol. The Labute approximate surface area is 119 Å². The summed E-state index contributed by atoms with van der Waals surface area (Å²) in [6.45, 7) is 3.62. The molecule has 1 aliphatic rings. The Morgan fingerprint density at radius 3 is 2.68 bits per heavy atom. The maximum Gasteiger partial charge on any atom is 0.253 e. The molecule has 1 fully saturated rings. The van der Waals surface area contributed by atoms with Gasteiger partial charge in [0.15, 0.2) is 0 Å². The monoisotopic (exact) mass is 278 g/mol. The van der Waals surface area contributed by atoms with E-state index in [4.69, 9.17) is 0 Å². The molecule has 1 aromatic rings. The molecule has 104 valence electrons. The lowest BCUT2D eigenvalue weighted by atomic mass is 9.84. The molecule has 0 aliphatic heterocycles. The number of carbonyl (C=O) groups is 1. The summed E-state index contributed by atoms with van der Waals surface area (Å²) < 4.78 is 0.281. The van der Waals surface area contributed by atoms with E-state index in [1.807, 2.05) is 43.0 Å². The van der Waals surface area contributed by atoms with E-state index in [-0.39, 0.29) is 10.7 Å². The number of thioether (sulfide) groups is 1. The molecule has 1 saturated carbocycles. The zero-order valence-corrected chi connectivity index (χ0v) is 12.5. The van der Waals surface area contributed by atoms with E-state index in [2.05, 4.69) is 16.9 Å². The summed E-state index contributed by atoms with van der Waals surface area (Å²) in [5, 5.41) is 6.32. The van der Waals surface area contributed by atoms with E-state index in [1.165, 1.54) is 19.3 Å². The molecule has 2 N–H and O–H groups in total. The number of carbonyl (C=O) groups excluding carboxylic acids is 1. The summed E-state index contributed by atoms with van der Waals surface area (Å²) >= 11 is 1.88. The normalized spacial score (nSPS) is 16.5. The predicted molar refractivity (Wildman–Crippen MR) is 83.0 cm³/mol. The zero-order chi connectivity index (χ0) is 13.7. The average Bonchev–Trinajstić information content (AvgIpc) is 2.39. The molecule has 4 heteroatoms. The summed E-state index contributed by atoms with van der Waals surface area (Å²) in [5.41, 5.74) is 1.65. The molecule has 1 aliphatic carbocycles. The fraction of sp³-hybridized carbons (Fsp3) is 0.533. The van der Waals surface area contributed by atoms with Crippen molar-refractivity contribution in [2.45, 2.75) is 30.9 Å². The molecular weight excluding hydrogens is 256 g/mol. The Hall–Kier alpha value is -1.16. The van der Waals surface area contributed by atoms with Crippen LogP contribution in [0.3, 0.4) is 0 Å². The summed E-state index contributed by atoms with van der Waals surface area (Å²) in [6, 6.07) is 7.68. The fourth-order valence-electron chi connectivity index (χ4n) is 2.39. The van der Waals surface area contributed by atoms with E-state index >= 15 is 0 Å². The molecule has 0 unspecified atom stereocenters. The largest absolute Gasteiger partial charge is 0.385 e. The molecule has 0 saturated heterocycles. The SMILES string of the molecule is CCNc1ccccc1C(=O)NCC1(SC)CCC1. The van der Waals surface area contributed by atoms with Crippen LogP contribution >= 0.6 is 11.8 Å². The highest BCUT2D eigenvalue weighted by Crippen LogP contribution is 2.42. The number of amides is 1. The number of rotatable bonds is 6. The van der Waals surface area contributed by atoms with Crippen LogP contribution in [0.15, 0.2) is 24.3 Å². The highest BCUT2D eigenvalue weighted by molar-refractivity contribution is 8.00. The van der Waals surface area contributed by atoms with Gasteiger partial charge in [0.05, 0.1) is 5.56 Å². The Kier molecular flexibility index (Phi) is 4.75. The van der Waals surface area contributed by atoms with Crippen LogP contribution in [0.25, 0.3) is 0 Å². The van der Waals surface area contributed by atoms with Gasteiger partial charge in [-0.2, -0.15) is 11.8 Å². The lowest BCUT2D eigenvalue weighted by Crippen LogP contribution is -2.45. The first-order valence-electron chi connectivity index (χ1n) is 6.87. The first-order chi connectivity index (χ1) is 9.21. The Bertz CT molecular complexity index is 438. The van der Waals surface area contributed by atoms with Gasteiger partial charge in [-0.1, -0.05) is 18.6 Å². The third-order valence-electron chi connectivity index (χ3n) is 3.81. The number of hydrogen-bond acceptors (Lipinski definition) is 3. The van der Waals surface area contributed by atoms with Gasteiger partial charge in [-0.25, -0.2) is 0 Å². The minimum atomic E-state index is 0.0249. The predicted octanol–water partition coefficient (Wildman–Crippen LogP) is 3.13. The molecule has 1 aromatic carbocycles. The molecule has 0 atom stereocenters. The van der Waals surface area contributed by atoms with Crippen LogP contribution in [0.1, 0.15) is 36.5 Å². The van der Waals surface area contributed by atoms with Gasteiger partial charge in [0, 0.05) is 23.5 Å². The van der Waals surface area contributed by atoms with E-state index in [0.717, 1.165) is 24.3 Å². The van der Waals surface area contributed by atoms with Crippen molar-refractivity contribution < 1.29 is 4.79 Å². The van der Waals surface area contributed by atoms with Crippen LogP contribution in [0, 0.1) is 0 Å². The maximum absolute atomic E-state index is 12.3. The topological polar surface area (TPSA) is 41.1 Å². The van der Waals surface area contributed by atoms with Crippen molar-refractivity contribution in [3.8, 4) is 0 Å². The fourth-order valence-corrected chi connectivity index (χ4v) is 3.30. The summed E-state index contributed by atoms with van der Waals surface area (Å²) in [5.74, 6) is 0.0249. The summed E-state index contributed by atoms with van der Waals surface area (Å²) in [7, 11) is 0. The van der Waals surface area contributed by atoms with E-state index < -0.39 is 0 Å². The Morgan fingerprint density at radius 1 is 1.37 bits per heavy atom. The zero-order valence-electron chi connectivity index (χ0n) is 11.7. The smallest absolute Gasteiger partial charge is 0.253 e. The maximum atomic E-state index is 12.3. The van der Waals surface area contributed by atoms with Crippen molar-refractivity contribution in [2.75, 3.05) is 24.7 Å². The van der Waals surface area contributed by atoms with E-state index in [9.17, 15) is 4.79 Å². The van der Waals surface area contributed by atoms with Crippen LogP contribution in [0.4, 0.5) is 5.69 Å². The van der Waals surface area contributed by atoms with Gasteiger partial charge in [-0.05, 0) is 38.2 Å². The summed E-state index contributed by atoms with van der Waals surface area (Å²) in [4.78, 5) is 12.3. The second-order valence-corrected chi connectivity index (χ2v) is 6.27. The number of benzene rings is 1. The quantitative estimate of drug-likeness (QED) is 0.840. The minimum absolute atomic E-state index is 0.0249. The second kappa shape index (κ2) is 6.33. The highest BCUT2D eigenvalue weighted by atomic mass is 32.2. The lowest BCUT2D eigenvalue weighted by Gasteiger charge is -2.40. The van der Waals surface area contributed by atoms with E-state index in [1.54, 1.807) is 0 Å². The van der Waals surface area contributed by atoms with Crippen molar-refractivity contribution in [3.05, 3.63) is 29.8 Å². The van der Waals surface area contributed by atoms with Gasteiger partial charge in [0.1, 0.15) is 0 Å². The molecule has 0 radical (unpaired) electrons. The molecular formula is C15H22N2OS. The Balaban J connectivity index is 1.99. The Morgan fingerprint density at radius 2 is 2.11 bits per heavy atom. The summed E-state index contributed by atoms with van der Waals surface area (Å²) in [6.07, 6.45) is 5.84. The molecule has 0 aromatic heterocycles. The highest BCUT2D eigenvalue weighted by Gasteiger charge is 2.36. The van der Waals surface area contributed by atoms with Gasteiger partial charge < -0.3 is 10.6 Å². The van der Waals surface area contributed by atoms with Crippen LogP contribution in [-0.2, 0) is 0 Å². The minimum Gasteiger partial charge on any atom is -0.385 e. The lowest BCUT2D eigenvalue weighted by molar-refractivity contribution is 0.0944. The second-order valence-electron chi connectivity index (χ2n) is 5.00. The number of para-hydroxylation sites is 1. The molecule has 0 bridgehead atoms. The molecule has 3 nitrogen and oxygen atoms in total. The number of anilines is 1. The molecule has 0 heterocycles. The van der Waals surface area contributed by atoms with Crippen LogP contribution in [-0.4, -0.2) is 30.0 Å².